The molecule has 2 heterocycles. The number of rotatable bonds is 2. The van der Waals surface area contributed by atoms with Gasteiger partial charge in [-0.1, -0.05) is 26.0 Å². The van der Waals surface area contributed by atoms with E-state index in [0.717, 1.165) is 5.69 Å². The van der Waals surface area contributed by atoms with Gasteiger partial charge >= 0.3 is 0 Å². The number of ether oxygens (including phenoxy) is 1. The molecule has 0 aromatic carbocycles. The van der Waals surface area contributed by atoms with E-state index in [4.69, 9.17) is 4.74 Å². The van der Waals surface area contributed by atoms with Crippen LogP contribution in [0.3, 0.4) is 0 Å². The van der Waals surface area contributed by atoms with Crippen molar-refractivity contribution in [2.24, 2.45) is 0 Å². The topological polar surface area (TPSA) is 101 Å². The van der Waals surface area contributed by atoms with Crippen LogP contribution in [0.2, 0.25) is 0 Å². The molecule has 1 fully saturated rings. The molecule has 1 aliphatic heterocycles. The van der Waals surface area contributed by atoms with Gasteiger partial charge in [0.2, 0.25) is 0 Å². The number of nitrogens with zero attached hydrogens (tertiary/aromatic N) is 3. The summed E-state index contributed by atoms with van der Waals surface area (Å²) >= 11 is 0. The van der Waals surface area contributed by atoms with Crippen molar-refractivity contribution >= 4 is 0 Å². The monoisotopic (exact) mass is 538 g/mol. The molecule has 1 aromatic heterocycles. The van der Waals surface area contributed by atoms with Crippen LogP contribution in [0.5, 0.6) is 0 Å². The Bertz CT molecular complexity index is 441. The van der Waals surface area contributed by atoms with Gasteiger partial charge < -0.3 is 20.1 Å². The van der Waals surface area contributed by atoms with Gasteiger partial charge in [-0.2, -0.15) is 0 Å². The Morgan fingerprint density at radius 2 is 1.77 bits per heavy atom. The zero-order valence-electron chi connectivity index (χ0n) is 13.1. The van der Waals surface area contributed by atoms with Crippen LogP contribution in [0.25, 0.3) is 0 Å². The second-order valence-corrected chi connectivity index (χ2v) is 6.00. The minimum Gasteiger partial charge on any atom is -0.388 e. The molecule has 1 aliphatic rings. The van der Waals surface area contributed by atoms with Gasteiger partial charge in [0.15, 0.2) is 0 Å². The third kappa shape index (κ3) is 6.89. The zero-order chi connectivity index (χ0) is 14.2. The van der Waals surface area contributed by atoms with Crippen LogP contribution in [0, 0.1) is 0 Å². The Kier molecular flexibility index (Phi) is 13.4. The molecule has 3 N–H and O–H groups in total. The standard InChI is InChI=1S/C12H21N3O4.3Y/c1-12(2,3)9-5-15(14-13-9)4-8-11(18)10(17)7(16)6-19-8;;;/h5,7-8,10-11,16-18H,4,6H2,1-3H3;;;/t7-,8+,10+,11+;;;/m0.../s1. The molecule has 0 amide bonds. The first-order valence-corrected chi connectivity index (χ1v) is 6.35. The normalized spacial score (nSPS) is 28.1. The van der Waals surface area contributed by atoms with Gasteiger partial charge in [-0.3, -0.25) is 0 Å². The molecule has 22 heavy (non-hydrogen) atoms. The maximum Gasteiger partial charge on any atom is 0.111 e. The first kappa shape index (κ1) is 26.5. The van der Waals surface area contributed by atoms with E-state index in [1.165, 1.54) is 0 Å². The minimum absolute atomic E-state index is 0. The summed E-state index contributed by atoms with van der Waals surface area (Å²) in [5.41, 5.74) is 0.748. The third-order valence-electron chi connectivity index (χ3n) is 3.28. The van der Waals surface area contributed by atoms with Crippen molar-refractivity contribution in [1.82, 2.24) is 15.0 Å². The van der Waals surface area contributed by atoms with Gasteiger partial charge in [0.05, 0.1) is 18.8 Å². The maximum absolute atomic E-state index is 9.84. The van der Waals surface area contributed by atoms with Gasteiger partial charge in [-0.05, 0) is 0 Å². The molecule has 1 aromatic rings. The first-order valence-electron chi connectivity index (χ1n) is 6.35. The number of hydrogen-bond donors (Lipinski definition) is 3. The van der Waals surface area contributed by atoms with E-state index in [-0.39, 0.29) is 117 Å². The smallest absolute Gasteiger partial charge is 0.111 e. The Balaban J connectivity index is 0. The molecule has 7 nitrogen and oxygen atoms in total. The van der Waals surface area contributed by atoms with Gasteiger partial charge in [-0.15, -0.1) is 5.10 Å². The van der Waals surface area contributed by atoms with E-state index < -0.39 is 24.4 Å². The van der Waals surface area contributed by atoms with Crippen LogP contribution < -0.4 is 0 Å². The van der Waals surface area contributed by atoms with Crippen molar-refractivity contribution in [3.63, 3.8) is 0 Å². The molecule has 1 saturated heterocycles. The summed E-state index contributed by atoms with van der Waals surface area (Å²) in [6.07, 6.45) is -2.18. The van der Waals surface area contributed by atoms with Crippen molar-refractivity contribution < 1.29 is 118 Å². The first-order chi connectivity index (χ1) is 8.79. The summed E-state index contributed by atoms with van der Waals surface area (Å²) in [5, 5.41) is 36.9. The molecule has 10 heteroatoms. The zero-order valence-corrected chi connectivity index (χ0v) is 21.6. The summed E-state index contributed by atoms with van der Waals surface area (Å²) in [5.74, 6) is 0. The average Bonchev–Trinajstić information content (AvgIpc) is 2.78. The van der Waals surface area contributed by atoms with E-state index in [1.54, 1.807) is 10.9 Å². The van der Waals surface area contributed by atoms with Crippen molar-refractivity contribution in [2.45, 2.75) is 57.1 Å². The van der Waals surface area contributed by atoms with Crippen LogP contribution in [0.15, 0.2) is 6.20 Å². The number of aliphatic hydroxyl groups is 3. The van der Waals surface area contributed by atoms with Crippen LogP contribution in [0.1, 0.15) is 26.5 Å². The molecular formula is C12H21N3O4Y3. The summed E-state index contributed by atoms with van der Waals surface area (Å²) in [4.78, 5) is 0. The number of aliphatic hydroxyl groups excluding tert-OH is 3. The van der Waals surface area contributed by atoms with Crippen molar-refractivity contribution in [3.8, 4) is 0 Å². The maximum atomic E-state index is 9.84. The summed E-state index contributed by atoms with van der Waals surface area (Å²) in [6.45, 7) is 6.39. The van der Waals surface area contributed by atoms with Gasteiger partial charge in [0.25, 0.3) is 0 Å². The number of aromatic nitrogens is 3. The molecular weight excluding hydrogens is 517 g/mol. The second kappa shape index (κ2) is 11.1. The van der Waals surface area contributed by atoms with Crippen LogP contribution in [-0.4, -0.2) is 61.3 Å². The summed E-state index contributed by atoms with van der Waals surface area (Å²) in [7, 11) is 0. The average molecular weight is 538 g/mol. The second-order valence-electron chi connectivity index (χ2n) is 6.00. The molecule has 0 spiro atoms. The largest absolute Gasteiger partial charge is 0.388 e. The van der Waals surface area contributed by atoms with E-state index >= 15 is 0 Å². The van der Waals surface area contributed by atoms with Crippen LogP contribution >= 0.6 is 0 Å². The van der Waals surface area contributed by atoms with Crippen LogP contribution in [-0.2, 0) is 115 Å². The summed E-state index contributed by atoms with van der Waals surface area (Å²) < 4.78 is 6.91. The fourth-order valence-electron chi connectivity index (χ4n) is 1.94. The Hall–Kier alpha value is 2.29. The Labute approximate surface area is 206 Å². The van der Waals surface area contributed by atoms with Crippen molar-refractivity contribution in [1.29, 1.82) is 0 Å². The molecule has 4 atom stereocenters. The molecule has 2 rings (SSSR count). The van der Waals surface area contributed by atoms with E-state index in [9.17, 15) is 15.3 Å². The molecule has 0 aliphatic carbocycles. The van der Waals surface area contributed by atoms with Gasteiger partial charge in [0, 0.05) is 110 Å². The fourth-order valence-corrected chi connectivity index (χ4v) is 1.94. The van der Waals surface area contributed by atoms with Crippen LogP contribution in [0.4, 0.5) is 0 Å². The Morgan fingerprint density at radius 1 is 1.18 bits per heavy atom. The molecule has 3 radical (unpaired) electrons. The van der Waals surface area contributed by atoms with Gasteiger partial charge in [-0.25, -0.2) is 4.68 Å². The quantitative estimate of drug-likeness (QED) is 0.450. The fraction of sp³-hybridized carbons (Fsp3) is 0.833. The van der Waals surface area contributed by atoms with E-state index in [2.05, 4.69) is 10.3 Å². The number of hydrogen-bond acceptors (Lipinski definition) is 6. The van der Waals surface area contributed by atoms with Crippen molar-refractivity contribution in [2.75, 3.05) is 6.61 Å². The molecule has 117 valence electrons. The van der Waals surface area contributed by atoms with E-state index in [0.29, 0.717) is 0 Å². The summed E-state index contributed by atoms with van der Waals surface area (Å²) in [6, 6.07) is 0. The van der Waals surface area contributed by atoms with Crippen molar-refractivity contribution in [3.05, 3.63) is 11.9 Å². The molecule has 0 bridgehead atoms. The van der Waals surface area contributed by atoms with E-state index in [1.807, 2.05) is 20.8 Å². The predicted molar refractivity (Wildman–Crippen MR) is 66.5 cm³/mol. The minimum atomic E-state index is -1.19. The third-order valence-corrected chi connectivity index (χ3v) is 3.28. The molecule has 0 unspecified atom stereocenters. The SMILES string of the molecule is CC(C)(C)c1cn(C[C@H]2OC[C@H](O)[C@@H](O)[C@@H]2O)nn1.[Y].[Y].[Y]. The predicted octanol–water partition coefficient (Wildman–Crippen LogP) is -0.950. The van der Waals surface area contributed by atoms with Gasteiger partial charge in [0.1, 0.15) is 24.4 Å². The molecule has 0 saturated carbocycles. The Morgan fingerprint density at radius 3 is 2.27 bits per heavy atom.